The number of nitrogens with one attached hydrogen (secondary N) is 2. The summed E-state index contributed by atoms with van der Waals surface area (Å²) in [6.07, 6.45) is 4.57. The molecule has 2 aromatic carbocycles. The summed E-state index contributed by atoms with van der Waals surface area (Å²) < 4.78 is 0. The maximum Gasteiger partial charge on any atom is 0.238 e. The standard InChI is InChI=1S/C23H29N3O2S/c1-16-6-4-7-17(2)23(16)25-22(28)15-26(19-10-11-19)13-12-21(27)24-18-8-5-9-20(14-18)29-3/h4-9,14,19H,10-13,15H2,1-3H3,(H,24,27)(H,25,28). The Balaban J connectivity index is 1.52. The number of carbonyl (C=O) groups is 2. The van der Waals surface area contributed by atoms with Gasteiger partial charge in [0.05, 0.1) is 6.54 Å². The summed E-state index contributed by atoms with van der Waals surface area (Å²) in [5.74, 6) is -0.0496. The van der Waals surface area contributed by atoms with Crippen LogP contribution in [0, 0.1) is 13.8 Å². The lowest BCUT2D eigenvalue weighted by Crippen LogP contribution is -2.37. The van der Waals surface area contributed by atoms with Crippen molar-refractivity contribution in [2.75, 3.05) is 30.0 Å². The highest BCUT2D eigenvalue weighted by molar-refractivity contribution is 7.98. The smallest absolute Gasteiger partial charge is 0.238 e. The minimum atomic E-state index is -0.0256. The summed E-state index contributed by atoms with van der Waals surface area (Å²) in [5.41, 5.74) is 3.82. The fourth-order valence-electron chi connectivity index (χ4n) is 3.37. The Morgan fingerprint density at radius 2 is 1.72 bits per heavy atom. The van der Waals surface area contributed by atoms with Crippen molar-refractivity contribution in [1.29, 1.82) is 0 Å². The number of thioether (sulfide) groups is 1. The van der Waals surface area contributed by atoms with Crippen molar-refractivity contribution in [1.82, 2.24) is 4.90 Å². The molecule has 5 nitrogen and oxygen atoms in total. The number of carbonyl (C=O) groups excluding carboxylic acids is 2. The van der Waals surface area contributed by atoms with Crippen molar-refractivity contribution >= 4 is 35.0 Å². The zero-order valence-electron chi connectivity index (χ0n) is 17.3. The van der Waals surface area contributed by atoms with Crippen LogP contribution < -0.4 is 10.6 Å². The SMILES string of the molecule is CSc1cccc(NC(=O)CCN(CC(=O)Nc2c(C)cccc2C)C2CC2)c1. The predicted octanol–water partition coefficient (Wildman–Crippen LogP) is 4.46. The molecule has 0 aliphatic heterocycles. The largest absolute Gasteiger partial charge is 0.326 e. The predicted molar refractivity (Wildman–Crippen MR) is 121 cm³/mol. The molecule has 29 heavy (non-hydrogen) atoms. The first-order valence-electron chi connectivity index (χ1n) is 10.0. The van der Waals surface area contributed by atoms with E-state index in [1.54, 1.807) is 11.8 Å². The molecule has 154 valence electrons. The van der Waals surface area contributed by atoms with E-state index in [0.717, 1.165) is 40.2 Å². The molecule has 1 aliphatic rings. The highest BCUT2D eigenvalue weighted by Gasteiger charge is 2.30. The van der Waals surface area contributed by atoms with Crippen molar-refractivity contribution in [3.05, 3.63) is 53.6 Å². The summed E-state index contributed by atoms with van der Waals surface area (Å²) in [6.45, 7) is 4.89. The third kappa shape index (κ3) is 6.34. The maximum absolute atomic E-state index is 12.6. The average Bonchev–Trinajstić information content (AvgIpc) is 3.53. The fourth-order valence-corrected chi connectivity index (χ4v) is 3.83. The average molecular weight is 412 g/mol. The van der Waals surface area contributed by atoms with E-state index in [9.17, 15) is 9.59 Å². The highest BCUT2D eigenvalue weighted by Crippen LogP contribution is 2.27. The number of hydrogen-bond donors (Lipinski definition) is 2. The van der Waals surface area contributed by atoms with Gasteiger partial charge in [0.15, 0.2) is 0 Å². The van der Waals surface area contributed by atoms with Crippen LogP contribution in [0.1, 0.15) is 30.4 Å². The Kier molecular flexibility index (Phi) is 7.34. The van der Waals surface area contributed by atoms with Crippen molar-refractivity contribution in [3.8, 4) is 0 Å². The molecule has 0 radical (unpaired) electrons. The summed E-state index contributed by atoms with van der Waals surface area (Å²) in [4.78, 5) is 28.2. The van der Waals surface area contributed by atoms with Gasteiger partial charge in [-0.2, -0.15) is 0 Å². The number of benzene rings is 2. The van der Waals surface area contributed by atoms with E-state index in [0.29, 0.717) is 25.6 Å². The molecule has 1 fully saturated rings. The third-order valence-electron chi connectivity index (χ3n) is 5.14. The number of para-hydroxylation sites is 1. The quantitative estimate of drug-likeness (QED) is 0.598. The third-order valence-corrected chi connectivity index (χ3v) is 5.86. The lowest BCUT2D eigenvalue weighted by atomic mass is 10.1. The fraction of sp³-hybridized carbons (Fsp3) is 0.391. The molecule has 1 saturated carbocycles. The van der Waals surface area contributed by atoms with Gasteiger partial charge in [0.25, 0.3) is 0 Å². The topological polar surface area (TPSA) is 61.4 Å². The first-order chi connectivity index (χ1) is 14.0. The molecule has 3 rings (SSSR count). The molecule has 0 atom stereocenters. The van der Waals surface area contributed by atoms with Gasteiger partial charge in [-0.25, -0.2) is 0 Å². The summed E-state index contributed by atoms with van der Waals surface area (Å²) in [7, 11) is 0. The lowest BCUT2D eigenvalue weighted by molar-refractivity contribution is -0.119. The van der Waals surface area contributed by atoms with E-state index in [2.05, 4.69) is 15.5 Å². The lowest BCUT2D eigenvalue weighted by Gasteiger charge is -2.22. The molecule has 0 aromatic heterocycles. The van der Waals surface area contributed by atoms with Crippen LogP contribution in [0.3, 0.4) is 0 Å². The molecule has 2 amide bonds. The van der Waals surface area contributed by atoms with E-state index in [1.807, 2.05) is 62.6 Å². The minimum Gasteiger partial charge on any atom is -0.326 e. The number of aryl methyl sites for hydroxylation is 2. The molecular formula is C23H29N3O2S. The second-order valence-electron chi connectivity index (χ2n) is 7.55. The van der Waals surface area contributed by atoms with E-state index in [4.69, 9.17) is 0 Å². The number of nitrogens with zero attached hydrogens (tertiary/aromatic N) is 1. The van der Waals surface area contributed by atoms with Gasteiger partial charge < -0.3 is 10.6 Å². The van der Waals surface area contributed by atoms with Gasteiger partial charge in [-0.3, -0.25) is 14.5 Å². The van der Waals surface area contributed by atoms with Crippen LogP contribution in [0.25, 0.3) is 0 Å². The first kappa shape index (κ1) is 21.4. The molecule has 0 spiro atoms. The van der Waals surface area contributed by atoms with Gasteiger partial charge in [0.1, 0.15) is 0 Å². The van der Waals surface area contributed by atoms with Crippen LogP contribution in [0.4, 0.5) is 11.4 Å². The molecule has 1 aliphatic carbocycles. The molecule has 6 heteroatoms. The van der Waals surface area contributed by atoms with Crippen LogP contribution in [-0.4, -0.2) is 42.1 Å². The maximum atomic E-state index is 12.6. The van der Waals surface area contributed by atoms with Gasteiger partial charge in [0, 0.05) is 35.3 Å². The van der Waals surface area contributed by atoms with Gasteiger partial charge >= 0.3 is 0 Å². The molecule has 2 N–H and O–H groups in total. The number of hydrogen-bond acceptors (Lipinski definition) is 4. The normalized spacial score (nSPS) is 13.4. The van der Waals surface area contributed by atoms with Gasteiger partial charge in [-0.05, 0) is 62.3 Å². The molecule has 0 saturated heterocycles. The van der Waals surface area contributed by atoms with Crippen LogP contribution in [0.15, 0.2) is 47.4 Å². The molecule has 2 aromatic rings. The minimum absolute atomic E-state index is 0.0240. The number of amides is 2. The number of rotatable bonds is 9. The molecule has 0 unspecified atom stereocenters. The Morgan fingerprint density at radius 3 is 2.38 bits per heavy atom. The highest BCUT2D eigenvalue weighted by atomic mass is 32.2. The van der Waals surface area contributed by atoms with Crippen LogP contribution >= 0.6 is 11.8 Å². The van der Waals surface area contributed by atoms with Crippen molar-refractivity contribution in [3.63, 3.8) is 0 Å². The Hall–Kier alpha value is -2.31. The monoisotopic (exact) mass is 411 g/mol. The molecule has 0 heterocycles. The van der Waals surface area contributed by atoms with Crippen molar-refractivity contribution < 1.29 is 9.59 Å². The zero-order valence-corrected chi connectivity index (χ0v) is 18.1. The number of anilines is 2. The molecular weight excluding hydrogens is 382 g/mol. The van der Waals surface area contributed by atoms with E-state index < -0.39 is 0 Å². The second kappa shape index (κ2) is 9.94. The van der Waals surface area contributed by atoms with E-state index >= 15 is 0 Å². The first-order valence-corrected chi connectivity index (χ1v) is 11.2. The van der Waals surface area contributed by atoms with E-state index in [1.165, 1.54) is 0 Å². The summed E-state index contributed by atoms with van der Waals surface area (Å²) in [6, 6.07) is 14.2. The Bertz CT molecular complexity index is 860. The van der Waals surface area contributed by atoms with E-state index in [-0.39, 0.29) is 11.8 Å². The van der Waals surface area contributed by atoms with Gasteiger partial charge in [-0.15, -0.1) is 11.8 Å². The van der Waals surface area contributed by atoms with Crippen molar-refractivity contribution in [2.24, 2.45) is 0 Å². The second-order valence-corrected chi connectivity index (χ2v) is 8.43. The van der Waals surface area contributed by atoms with Gasteiger partial charge in [-0.1, -0.05) is 24.3 Å². The van der Waals surface area contributed by atoms with Crippen LogP contribution in [0.5, 0.6) is 0 Å². The van der Waals surface area contributed by atoms with Gasteiger partial charge in [0.2, 0.25) is 11.8 Å². The molecule has 0 bridgehead atoms. The summed E-state index contributed by atoms with van der Waals surface area (Å²) >= 11 is 1.65. The van der Waals surface area contributed by atoms with Crippen LogP contribution in [-0.2, 0) is 9.59 Å². The zero-order chi connectivity index (χ0) is 20.8. The summed E-state index contributed by atoms with van der Waals surface area (Å²) in [5, 5.41) is 6.01. The van der Waals surface area contributed by atoms with Crippen LogP contribution in [0.2, 0.25) is 0 Å². The Labute approximate surface area is 177 Å². The van der Waals surface area contributed by atoms with Crippen molar-refractivity contribution in [2.45, 2.75) is 44.0 Å². The Morgan fingerprint density at radius 1 is 1.03 bits per heavy atom.